The van der Waals surface area contributed by atoms with Gasteiger partial charge in [0.25, 0.3) is 0 Å². The first-order valence-corrected chi connectivity index (χ1v) is 8.46. The predicted octanol–water partition coefficient (Wildman–Crippen LogP) is 1.77. The summed E-state index contributed by atoms with van der Waals surface area (Å²) in [5.74, 6) is 0.205. The van der Waals surface area contributed by atoms with Crippen molar-refractivity contribution in [3.05, 3.63) is 34.9 Å². The lowest BCUT2D eigenvalue weighted by molar-refractivity contribution is -0.132. The average molecular weight is 341 g/mol. The van der Waals surface area contributed by atoms with Gasteiger partial charge < -0.3 is 14.7 Å². The van der Waals surface area contributed by atoms with Crippen LogP contribution in [0.3, 0.4) is 0 Å². The van der Waals surface area contributed by atoms with E-state index in [4.69, 9.17) is 16.3 Å². The van der Waals surface area contributed by atoms with Gasteiger partial charge >= 0.3 is 0 Å². The number of amides is 1. The molecule has 1 amide bonds. The summed E-state index contributed by atoms with van der Waals surface area (Å²) < 4.78 is 5.56. The molecule has 128 valence electrons. The summed E-state index contributed by atoms with van der Waals surface area (Å²) >= 11 is 5.83. The number of aliphatic hydroxyl groups excluding tert-OH is 1. The minimum Gasteiger partial charge on any atom is -0.389 e. The summed E-state index contributed by atoms with van der Waals surface area (Å²) in [6.07, 6.45) is 0.0389. The van der Waals surface area contributed by atoms with Crippen LogP contribution in [0.15, 0.2) is 24.3 Å². The first-order chi connectivity index (χ1) is 11.1. The number of rotatable bonds is 7. The van der Waals surface area contributed by atoms with E-state index >= 15 is 0 Å². The van der Waals surface area contributed by atoms with Crippen molar-refractivity contribution in [2.45, 2.75) is 26.1 Å². The van der Waals surface area contributed by atoms with E-state index < -0.39 is 6.10 Å². The van der Waals surface area contributed by atoms with Gasteiger partial charge in [-0.3, -0.25) is 9.69 Å². The summed E-state index contributed by atoms with van der Waals surface area (Å²) in [6.45, 7) is 6.32. The number of hydrogen-bond donors (Lipinski definition) is 1. The second-order valence-electron chi connectivity index (χ2n) is 5.83. The normalized spacial score (nSPS) is 17.3. The monoisotopic (exact) mass is 340 g/mol. The fourth-order valence-electron chi connectivity index (χ4n) is 2.65. The van der Waals surface area contributed by atoms with E-state index in [0.717, 1.165) is 31.7 Å². The van der Waals surface area contributed by atoms with Crippen molar-refractivity contribution < 1.29 is 14.6 Å². The lowest BCUT2D eigenvalue weighted by Crippen LogP contribution is -2.50. The van der Waals surface area contributed by atoms with E-state index in [1.165, 1.54) is 0 Å². The van der Waals surface area contributed by atoms with Crippen LogP contribution < -0.4 is 0 Å². The molecule has 1 N–H and O–H groups in total. The molecule has 5 nitrogen and oxygen atoms in total. The number of β-amino-alcohol motifs (C(OH)–C–C–N with tert-alkyl or cyclic N) is 1. The fourth-order valence-corrected chi connectivity index (χ4v) is 2.77. The summed E-state index contributed by atoms with van der Waals surface area (Å²) in [5, 5.41) is 10.8. The Morgan fingerprint density at radius 2 is 1.91 bits per heavy atom. The highest BCUT2D eigenvalue weighted by atomic mass is 35.5. The molecule has 1 aliphatic rings. The third kappa shape index (κ3) is 6.11. The molecule has 0 bridgehead atoms. The van der Waals surface area contributed by atoms with Crippen molar-refractivity contribution in [1.82, 2.24) is 9.80 Å². The molecule has 1 fully saturated rings. The van der Waals surface area contributed by atoms with E-state index in [-0.39, 0.29) is 5.91 Å². The standard InChI is InChI=1S/C17H25ClN2O3/c1-2-17(22)20-9-7-19(8-10-20)11-16(21)13-23-12-14-3-5-15(18)6-4-14/h3-6,16,21H,2,7-13H2,1H3. The van der Waals surface area contributed by atoms with Crippen LogP contribution >= 0.6 is 11.6 Å². The molecule has 1 unspecified atom stereocenters. The maximum atomic E-state index is 11.6. The number of hydrogen-bond acceptors (Lipinski definition) is 4. The number of ether oxygens (including phenoxy) is 1. The van der Waals surface area contributed by atoms with Crippen LogP contribution in [0.1, 0.15) is 18.9 Å². The van der Waals surface area contributed by atoms with Gasteiger partial charge in [-0.25, -0.2) is 0 Å². The lowest BCUT2D eigenvalue weighted by atomic mass is 10.2. The number of piperazine rings is 1. The molecular weight excluding hydrogens is 316 g/mol. The molecule has 1 saturated heterocycles. The number of carbonyl (C=O) groups is 1. The van der Waals surface area contributed by atoms with Crippen LogP contribution in [0.25, 0.3) is 0 Å². The van der Waals surface area contributed by atoms with Gasteiger partial charge in [-0.05, 0) is 17.7 Å². The largest absolute Gasteiger partial charge is 0.389 e. The minimum atomic E-state index is -0.518. The summed E-state index contributed by atoms with van der Waals surface area (Å²) in [5.41, 5.74) is 1.04. The van der Waals surface area contributed by atoms with Crippen molar-refractivity contribution in [3.8, 4) is 0 Å². The minimum absolute atomic E-state index is 0.205. The predicted molar refractivity (Wildman–Crippen MR) is 90.4 cm³/mol. The van der Waals surface area contributed by atoms with Gasteiger partial charge in [-0.1, -0.05) is 30.7 Å². The van der Waals surface area contributed by atoms with Crippen LogP contribution in [0.4, 0.5) is 0 Å². The maximum absolute atomic E-state index is 11.6. The third-order valence-corrected chi connectivity index (χ3v) is 4.24. The molecule has 0 saturated carbocycles. The van der Waals surface area contributed by atoms with Gasteiger partial charge in [0.15, 0.2) is 0 Å². The first-order valence-electron chi connectivity index (χ1n) is 8.09. The molecule has 0 aliphatic carbocycles. The molecule has 2 rings (SSSR count). The second kappa shape index (κ2) is 9.23. The first kappa shape index (κ1) is 18.2. The van der Waals surface area contributed by atoms with Crippen LogP contribution in [0, 0.1) is 0 Å². The van der Waals surface area contributed by atoms with E-state index in [1.807, 2.05) is 36.1 Å². The molecule has 23 heavy (non-hydrogen) atoms. The Kier molecular flexibility index (Phi) is 7.30. The highest BCUT2D eigenvalue weighted by Crippen LogP contribution is 2.10. The highest BCUT2D eigenvalue weighted by molar-refractivity contribution is 6.30. The SMILES string of the molecule is CCC(=O)N1CCN(CC(O)COCc2ccc(Cl)cc2)CC1. The van der Waals surface area contributed by atoms with Crippen LogP contribution in [0.5, 0.6) is 0 Å². The van der Waals surface area contributed by atoms with Gasteiger partial charge in [-0.2, -0.15) is 0 Å². The summed E-state index contributed by atoms with van der Waals surface area (Å²) in [7, 11) is 0. The van der Waals surface area contributed by atoms with Crippen LogP contribution in [-0.2, 0) is 16.1 Å². The average Bonchev–Trinajstić information content (AvgIpc) is 2.56. The molecule has 1 atom stereocenters. The molecular formula is C17H25ClN2O3. The van der Waals surface area contributed by atoms with E-state index in [0.29, 0.717) is 31.2 Å². The van der Waals surface area contributed by atoms with E-state index in [2.05, 4.69) is 4.90 Å². The van der Waals surface area contributed by atoms with Crippen LogP contribution in [-0.4, -0.2) is 66.2 Å². The number of halogens is 1. The Morgan fingerprint density at radius 1 is 1.26 bits per heavy atom. The van der Waals surface area contributed by atoms with Crippen molar-refractivity contribution >= 4 is 17.5 Å². The van der Waals surface area contributed by atoms with Gasteiger partial charge in [-0.15, -0.1) is 0 Å². The Bertz CT molecular complexity index is 487. The Balaban J connectivity index is 1.62. The molecule has 1 heterocycles. The van der Waals surface area contributed by atoms with Gasteiger partial charge in [0, 0.05) is 44.2 Å². The number of aliphatic hydroxyl groups is 1. The van der Waals surface area contributed by atoms with E-state index in [9.17, 15) is 9.90 Å². The Morgan fingerprint density at radius 3 is 2.52 bits per heavy atom. The highest BCUT2D eigenvalue weighted by Gasteiger charge is 2.21. The van der Waals surface area contributed by atoms with Crippen molar-refractivity contribution in [3.63, 3.8) is 0 Å². The van der Waals surface area contributed by atoms with E-state index in [1.54, 1.807) is 0 Å². The molecule has 1 aliphatic heterocycles. The molecule has 0 spiro atoms. The molecule has 6 heteroatoms. The zero-order valence-corrected chi connectivity index (χ0v) is 14.3. The fraction of sp³-hybridized carbons (Fsp3) is 0.588. The molecule has 1 aromatic rings. The number of nitrogens with zero attached hydrogens (tertiary/aromatic N) is 2. The lowest BCUT2D eigenvalue weighted by Gasteiger charge is -2.35. The number of benzene rings is 1. The summed E-state index contributed by atoms with van der Waals surface area (Å²) in [6, 6.07) is 7.48. The third-order valence-electron chi connectivity index (χ3n) is 3.99. The molecule has 1 aromatic carbocycles. The smallest absolute Gasteiger partial charge is 0.222 e. The van der Waals surface area contributed by atoms with Gasteiger partial charge in [0.1, 0.15) is 0 Å². The zero-order chi connectivity index (χ0) is 16.7. The van der Waals surface area contributed by atoms with Crippen molar-refractivity contribution in [1.29, 1.82) is 0 Å². The Hall–Kier alpha value is -1.14. The molecule has 0 radical (unpaired) electrons. The second-order valence-corrected chi connectivity index (χ2v) is 6.27. The van der Waals surface area contributed by atoms with Crippen molar-refractivity contribution in [2.24, 2.45) is 0 Å². The number of carbonyl (C=O) groups excluding carboxylic acids is 1. The Labute approximate surface area is 142 Å². The quantitative estimate of drug-likeness (QED) is 0.822. The maximum Gasteiger partial charge on any atom is 0.222 e. The zero-order valence-electron chi connectivity index (χ0n) is 13.6. The van der Waals surface area contributed by atoms with Crippen molar-refractivity contribution in [2.75, 3.05) is 39.3 Å². The molecule has 0 aromatic heterocycles. The topological polar surface area (TPSA) is 53.0 Å². The van der Waals surface area contributed by atoms with Crippen LogP contribution in [0.2, 0.25) is 5.02 Å². The van der Waals surface area contributed by atoms with Gasteiger partial charge in [0.05, 0.1) is 19.3 Å². The summed E-state index contributed by atoms with van der Waals surface area (Å²) in [4.78, 5) is 15.7. The van der Waals surface area contributed by atoms with Gasteiger partial charge in [0.2, 0.25) is 5.91 Å².